The number of hydrogen-bond acceptors (Lipinski definition) is 3. The Balaban J connectivity index is 3.03. The second-order valence-corrected chi connectivity index (χ2v) is 17.7. The Morgan fingerprint density at radius 2 is 0.487 bits per heavy atom. The fraction of sp³-hybridized carbons (Fsp3) is 1.00. The average Bonchev–Trinajstić information content (AvgIpc) is 2.91. The molecule has 0 fully saturated rings. The van der Waals surface area contributed by atoms with Crippen LogP contribution in [-0.2, 0) is 0 Å². The van der Waals surface area contributed by atoms with E-state index in [0.29, 0.717) is 0 Å². The minimum Gasteiger partial charge on any atom is -0.0826 e. The summed E-state index contributed by atoms with van der Waals surface area (Å²) in [6.45, 7) is 9.39. The molecule has 3 heteroatoms. The van der Waals surface area contributed by atoms with E-state index >= 15 is 0 Å². The molecule has 236 valence electrons. The predicted octanol–water partition coefficient (Wildman–Crippen LogP) is 15.3. The lowest BCUT2D eigenvalue weighted by Gasteiger charge is -2.05. The van der Waals surface area contributed by atoms with E-state index in [2.05, 4.69) is 59.1 Å². The van der Waals surface area contributed by atoms with Crippen LogP contribution in [0.1, 0.15) is 207 Å². The summed E-state index contributed by atoms with van der Waals surface area (Å²) in [5.41, 5.74) is 0. The van der Waals surface area contributed by atoms with Crippen LogP contribution in [0.3, 0.4) is 0 Å². The van der Waals surface area contributed by atoms with Gasteiger partial charge in [0, 0.05) is 11.5 Å². The Morgan fingerprint density at radius 1 is 0.282 bits per heavy atom. The van der Waals surface area contributed by atoms with Crippen molar-refractivity contribution in [3.05, 3.63) is 0 Å². The van der Waals surface area contributed by atoms with Gasteiger partial charge in [-0.15, -0.1) is 0 Å². The first-order valence-electron chi connectivity index (χ1n) is 18.0. The van der Waals surface area contributed by atoms with E-state index in [1.165, 1.54) is 191 Å². The monoisotopic (exact) mass is 602 g/mol. The van der Waals surface area contributed by atoms with Crippen molar-refractivity contribution in [3.8, 4) is 0 Å². The number of rotatable bonds is 34. The lowest BCUT2D eigenvalue weighted by atomic mass is 10.0. The van der Waals surface area contributed by atoms with Gasteiger partial charge < -0.3 is 0 Å². The molecule has 0 heterocycles. The molecular weight excluding hydrogens is 529 g/mol. The minimum absolute atomic E-state index is 0.893. The van der Waals surface area contributed by atoms with Crippen LogP contribution in [0.15, 0.2) is 0 Å². The lowest BCUT2D eigenvalue weighted by molar-refractivity contribution is 0.503. The smallest absolute Gasteiger partial charge is 0.00451 e. The highest BCUT2D eigenvalue weighted by molar-refractivity contribution is 9.09. The predicted molar refractivity (Wildman–Crippen MR) is 191 cm³/mol. The fourth-order valence-corrected chi connectivity index (χ4v) is 9.42. The summed E-state index contributed by atoms with van der Waals surface area (Å²) in [6, 6.07) is 0. The van der Waals surface area contributed by atoms with E-state index in [9.17, 15) is 0 Å². The quantitative estimate of drug-likeness (QED) is 0.0531. The van der Waals surface area contributed by atoms with Gasteiger partial charge >= 0.3 is 0 Å². The molecule has 0 aromatic rings. The summed E-state index contributed by atoms with van der Waals surface area (Å²) in [6.07, 6.45) is 41.0. The lowest BCUT2D eigenvalue weighted by Crippen LogP contribution is -1.87. The first-order valence-corrected chi connectivity index (χ1v) is 21.9. The Labute approximate surface area is 261 Å². The van der Waals surface area contributed by atoms with Crippen molar-refractivity contribution in [1.29, 1.82) is 0 Å². The van der Waals surface area contributed by atoms with Gasteiger partial charge in [-0.3, -0.25) is 0 Å². The van der Waals surface area contributed by atoms with Crippen LogP contribution in [-0.4, -0.2) is 11.5 Å². The van der Waals surface area contributed by atoms with Crippen molar-refractivity contribution in [2.24, 2.45) is 11.8 Å². The minimum atomic E-state index is 0.893. The van der Waals surface area contributed by atoms with Gasteiger partial charge in [0.15, 0.2) is 0 Å². The highest BCUT2D eigenvalue weighted by atomic mass is 33.5. The highest BCUT2D eigenvalue weighted by Gasteiger charge is 1.99. The van der Waals surface area contributed by atoms with E-state index < -0.39 is 0 Å². The van der Waals surface area contributed by atoms with Crippen molar-refractivity contribution < 1.29 is 0 Å². The van der Waals surface area contributed by atoms with Gasteiger partial charge in [-0.2, -0.15) is 0 Å². The molecule has 0 aromatic carbocycles. The van der Waals surface area contributed by atoms with Crippen LogP contribution in [0.25, 0.3) is 0 Å². The Morgan fingerprint density at radius 3 is 0.718 bits per heavy atom. The van der Waals surface area contributed by atoms with Crippen LogP contribution in [0.5, 0.6) is 0 Å². The Bertz CT molecular complexity index is 386. The third-order valence-corrected chi connectivity index (χ3v) is 12.5. The second-order valence-electron chi connectivity index (χ2n) is 13.3. The largest absolute Gasteiger partial charge is 0.0826 e. The van der Waals surface area contributed by atoms with Gasteiger partial charge in [0.1, 0.15) is 0 Å². The van der Waals surface area contributed by atoms with E-state index in [-0.39, 0.29) is 0 Å². The summed E-state index contributed by atoms with van der Waals surface area (Å²) in [5.74, 6) is 4.49. The molecule has 0 amide bonds. The molecule has 0 nitrogen and oxygen atoms in total. The summed E-state index contributed by atoms with van der Waals surface area (Å²) in [5, 5.41) is 0. The molecule has 0 atom stereocenters. The van der Waals surface area contributed by atoms with Crippen molar-refractivity contribution in [1.82, 2.24) is 0 Å². The molecule has 0 radical (unpaired) electrons. The van der Waals surface area contributed by atoms with Gasteiger partial charge in [0.25, 0.3) is 0 Å². The zero-order valence-corrected chi connectivity index (χ0v) is 30.0. The normalized spacial score (nSPS) is 11.8. The summed E-state index contributed by atoms with van der Waals surface area (Å²) < 4.78 is 0. The third-order valence-electron chi connectivity index (χ3n) is 8.11. The standard InChI is InChI=1S/C36H74S3/c1-35(2)31-27-23-19-15-11-7-5-9-13-17-21-25-29-33-37-39-38-34-30-26-22-18-14-10-6-8-12-16-20-24-28-32-36(3)4/h35-36H,5-34H2,1-4H3. The van der Waals surface area contributed by atoms with E-state index in [1.807, 2.05) is 0 Å². The molecule has 0 aromatic heterocycles. The molecular formula is C36H74S3. The molecule has 0 N–H and O–H groups in total. The van der Waals surface area contributed by atoms with Gasteiger partial charge in [-0.1, -0.05) is 216 Å². The van der Waals surface area contributed by atoms with Crippen LogP contribution in [0.2, 0.25) is 0 Å². The SMILES string of the molecule is CC(C)CCCCCCCCCCCCCCCSSSCCCCCCCCCCCCCCCC(C)C. The maximum atomic E-state index is 2.35. The maximum absolute atomic E-state index is 2.35. The Kier molecular flexibility index (Phi) is 36.2. The second kappa shape index (κ2) is 35.2. The first kappa shape index (κ1) is 40.1. The molecule has 0 spiro atoms. The van der Waals surface area contributed by atoms with Crippen LogP contribution in [0.4, 0.5) is 0 Å². The molecule has 0 rings (SSSR count). The van der Waals surface area contributed by atoms with E-state index in [1.54, 1.807) is 0 Å². The summed E-state index contributed by atoms with van der Waals surface area (Å²) in [7, 11) is 6.27. The average molecular weight is 603 g/mol. The summed E-state index contributed by atoms with van der Waals surface area (Å²) in [4.78, 5) is 0. The van der Waals surface area contributed by atoms with Crippen molar-refractivity contribution in [2.75, 3.05) is 11.5 Å². The van der Waals surface area contributed by atoms with Crippen molar-refractivity contribution >= 4 is 31.4 Å². The summed E-state index contributed by atoms with van der Waals surface area (Å²) >= 11 is 0. The molecule has 0 aliphatic carbocycles. The molecule has 0 saturated carbocycles. The van der Waals surface area contributed by atoms with Gasteiger partial charge in [0.05, 0.1) is 0 Å². The first-order chi connectivity index (χ1) is 19.1. The maximum Gasteiger partial charge on any atom is 0.00451 e. The van der Waals surface area contributed by atoms with E-state index in [0.717, 1.165) is 11.8 Å². The van der Waals surface area contributed by atoms with Crippen molar-refractivity contribution in [3.63, 3.8) is 0 Å². The van der Waals surface area contributed by atoms with Gasteiger partial charge in [0.2, 0.25) is 0 Å². The van der Waals surface area contributed by atoms with Crippen LogP contribution in [0, 0.1) is 11.8 Å². The topological polar surface area (TPSA) is 0 Å². The molecule has 0 aliphatic heterocycles. The highest BCUT2D eigenvalue weighted by Crippen LogP contribution is 2.35. The third kappa shape index (κ3) is 39.0. The zero-order valence-electron chi connectivity index (χ0n) is 27.6. The number of hydrogen-bond donors (Lipinski definition) is 0. The van der Waals surface area contributed by atoms with Crippen molar-refractivity contribution in [2.45, 2.75) is 207 Å². The number of unbranched alkanes of at least 4 members (excludes halogenated alkanes) is 24. The van der Waals surface area contributed by atoms with Gasteiger partial charge in [-0.05, 0) is 34.5 Å². The molecule has 39 heavy (non-hydrogen) atoms. The molecule has 0 bridgehead atoms. The van der Waals surface area contributed by atoms with Crippen LogP contribution >= 0.6 is 31.4 Å². The Hall–Kier alpha value is 1.05. The fourth-order valence-electron chi connectivity index (χ4n) is 5.42. The van der Waals surface area contributed by atoms with Crippen LogP contribution < -0.4 is 0 Å². The van der Waals surface area contributed by atoms with E-state index in [4.69, 9.17) is 0 Å². The zero-order chi connectivity index (χ0) is 28.5. The molecule has 0 unspecified atom stereocenters. The molecule has 0 aliphatic rings. The van der Waals surface area contributed by atoms with Gasteiger partial charge in [-0.25, -0.2) is 0 Å². The molecule has 0 saturated heterocycles.